The van der Waals surface area contributed by atoms with Crippen molar-refractivity contribution in [1.29, 1.82) is 0 Å². The lowest BCUT2D eigenvalue weighted by atomic mass is 9.96. The van der Waals surface area contributed by atoms with Crippen LogP contribution in [0.1, 0.15) is 65.2 Å². The molecule has 0 bridgehead atoms. The number of rotatable bonds is 6. The number of hydrogen-bond donors (Lipinski definition) is 1. The Balaban J connectivity index is 2.75. The van der Waals surface area contributed by atoms with Crippen LogP contribution in [0.3, 0.4) is 0 Å². The molecule has 18 heavy (non-hydrogen) atoms. The molecule has 4 heteroatoms. The standard InChI is InChI=1S/C14H29NO2S/c1-3-5-12-18(16,17)14-11-9-7-6-8-10-13(14)15-4-2/h13-15H,3-12H2,1-2H3. The monoisotopic (exact) mass is 275 g/mol. The van der Waals surface area contributed by atoms with Gasteiger partial charge in [0.25, 0.3) is 0 Å². The van der Waals surface area contributed by atoms with Crippen molar-refractivity contribution in [3.05, 3.63) is 0 Å². The van der Waals surface area contributed by atoms with Crippen molar-refractivity contribution >= 4 is 9.84 Å². The molecule has 0 heterocycles. The van der Waals surface area contributed by atoms with Gasteiger partial charge in [0.1, 0.15) is 0 Å². The number of sulfone groups is 1. The van der Waals surface area contributed by atoms with E-state index in [1.54, 1.807) is 0 Å². The van der Waals surface area contributed by atoms with Crippen LogP contribution in [0.2, 0.25) is 0 Å². The summed E-state index contributed by atoms with van der Waals surface area (Å²) in [5, 5.41) is 3.26. The van der Waals surface area contributed by atoms with Crippen molar-refractivity contribution < 1.29 is 8.42 Å². The summed E-state index contributed by atoms with van der Waals surface area (Å²) in [6.07, 6.45) is 8.31. The minimum atomic E-state index is -2.92. The van der Waals surface area contributed by atoms with Crippen molar-refractivity contribution in [1.82, 2.24) is 5.32 Å². The van der Waals surface area contributed by atoms with E-state index in [1.807, 2.05) is 0 Å². The van der Waals surface area contributed by atoms with Gasteiger partial charge in [-0.05, 0) is 25.8 Å². The van der Waals surface area contributed by atoms with E-state index in [1.165, 1.54) is 12.8 Å². The molecule has 1 saturated carbocycles. The molecule has 0 spiro atoms. The van der Waals surface area contributed by atoms with Gasteiger partial charge in [-0.3, -0.25) is 0 Å². The Labute approximate surface area is 113 Å². The van der Waals surface area contributed by atoms with Crippen LogP contribution in [0.25, 0.3) is 0 Å². The van der Waals surface area contributed by atoms with E-state index in [0.29, 0.717) is 5.75 Å². The Kier molecular flexibility index (Phi) is 7.23. The van der Waals surface area contributed by atoms with Crippen LogP contribution in [0.5, 0.6) is 0 Å². The maximum absolute atomic E-state index is 12.5. The summed E-state index contributed by atoms with van der Waals surface area (Å²) in [7, 11) is -2.92. The molecule has 3 nitrogen and oxygen atoms in total. The summed E-state index contributed by atoms with van der Waals surface area (Å²) < 4.78 is 24.9. The lowest BCUT2D eigenvalue weighted by Crippen LogP contribution is -2.45. The van der Waals surface area contributed by atoms with Crippen LogP contribution in [-0.4, -0.2) is 32.0 Å². The second-order valence-corrected chi connectivity index (χ2v) is 7.75. The molecule has 2 unspecified atom stereocenters. The predicted molar refractivity (Wildman–Crippen MR) is 77.6 cm³/mol. The van der Waals surface area contributed by atoms with Crippen molar-refractivity contribution in [2.75, 3.05) is 12.3 Å². The summed E-state index contributed by atoms with van der Waals surface area (Å²) in [5.74, 6) is 0.371. The van der Waals surface area contributed by atoms with Crippen LogP contribution >= 0.6 is 0 Å². The van der Waals surface area contributed by atoms with E-state index in [2.05, 4.69) is 19.2 Å². The third-order valence-corrected chi connectivity index (χ3v) is 6.26. The van der Waals surface area contributed by atoms with Gasteiger partial charge in [0.15, 0.2) is 9.84 Å². The van der Waals surface area contributed by atoms with Crippen molar-refractivity contribution in [3.8, 4) is 0 Å². The fourth-order valence-electron chi connectivity index (χ4n) is 2.87. The van der Waals surface area contributed by atoms with Gasteiger partial charge in [0, 0.05) is 6.04 Å². The fraction of sp³-hybridized carbons (Fsp3) is 1.00. The van der Waals surface area contributed by atoms with Crippen LogP contribution in [0.15, 0.2) is 0 Å². The topological polar surface area (TPSA) is 46.2 Å². The zero-order valence-electron chi connectivity index (χ0n) is 12.0. The van der Waals surface area contributed by atoms with E-state index in [-0.39, 0.29) is 11.3 Å². The largest absolute Gasteiger partial charge is 0.313 e. The van der Waals surface area contributed by atoms with Gasteiger partial charge in [0.2, 0.25) is 0 Å². The first-order chi connectivity index (χ1) is 8.61. The second-order valence-electron chi connectivity index (χ2n) is 5.41. The normalized spacial score (nSPS) is 26.6. The Hall–Kier alpha value is -0.0900. The molecule has 0 amide bonds. The summed E-state index contributed by atoms with van der Waals surface area (Å²) in [5.41, 5.74) is 0. The molecule has 1 aliphatic rings. The van der Waals surface area contributed by atoms with Crippen molar-refractivity contribution in [3.63, 3.8) is 0 Å². The first-order valence-corrected chi connectivity index (χ1v) is 9.28. The van der Waals surface area contributed by atoms with Gasteiger partial charge in [0.05, 0.1) is 11.0 Å². The van der Waals surface area contributed by atoms with Gasteiger partial charge in [-0.1, -0.05) is 46.0 Å². The summed E-state index contributed by atoms with van der Waals surface area (Å²) in [6, 6.07) is 0.178. The zero-order valence-corrected chi connectivity index (χ0v) is 12.8. The smallest absolute Gasteiger partial charge is 0.154 e. The molecule has 1 fully saturated rings. The second kappa shape index (κ2) is 8.16. The van der Waals surface area contributed by atoms with Crippen LogP contribution in [-0.2, 0) is 9.84 Å². The highest BCUT2D eigenvalue weighted by Gasteiger charge is 2.32. The minimum absolute atomic E-state index is 0.149. The molecule has 0 aliphatic heterocycles. The molecule has 1 rings (SSSR count). The zero-order chi connectivity index (χ0) is 13.4. The Morgan fingerprint density at radius 3 is 2.33 bits per heavy atom. The third kappa shape index (κ3) is 4.88. The highest BCUT2D eigenvalue weighted by Crippen LogP contribution is 2.24. The Morgan fingerprint density at radius 2 is 1.72 bits per heavy atom. The molecule has 0 saturated heterocycles. The summed E-state index contributed by atoms with van der Waals surface area (Å²) in [6.45, 7) is 4.98. The lowest BCUT2D eigenvalue weighted by molar-refractivity contribution is 0.392. The molecule has 0 aromatic heterocycles. The van der Waals surface area contributed by atoms with Gasteiger partial charge >= 0.3 is 0 Å². The molecule has 0 aromatic carbocycles. The van der Waals surface area contributed by atoms with Gasteiger partial charge in [-0.15, -0.1) is 0 Å². The molecular formula is C14H29NO2S. The van der Waals surface area contributed by atoms with Crippen molar-refractivity contribution in [2.45, 2.75) is 76.5 Å². The third-order valence-electron chi connectivity index (χ3n) is 3.91. The van der Waals surface area contributed by atoms with E-state index in [0.717, 1.165) is 45.1 Å². The molecule has 1 aliphatic carbocycles. The van der Waals surface area contributed by atoms with Crippen LogP contribution < -0.4 is 5.32 Å². The average molecular weight is 275 g/mol. The molecule has 0 radical (unpaired) electrons. The van der Waals surface area contributed by atoms with Crippen LogP contribution in [0, 0.1) is 0 Å². The lowest BCUT2D eigenvalue weighted by Gasteiger charge is -2.29. The SMILES string of the molecule is CCCCS(=O)(=O)C1CCCCCCC1NCC. The quantitative estimate of drug-likeness (QED) is 0.811. The predicted octanol–water partition coefficient (Wildman–Crippen LogP) is 2.90. The Morgan fingerprint density at radius 1 is 1.06 bits per heavy atom. The Bertz CT molecular complexity index is 314. The van der Waals surface area contributed by atoms with E-state index in [9.17, 15) is 8.42 Å². The fourth-order valence-corrected chi connectivity index (χ4v) is 5.13. The number of nitrogens with one attached hydrogen (secondary N) is 1. The molecule has 2 atom stereocenters. The van der Waals surface area contributed by atoms with Crippen molar-refractivity contribution in [2.24, 2.45) is 0 Å². The van der Waals surface area contributed by atoms with Gasteiger partial charge < -0.3 is 5.32 Å². The number of hydrogen-bond acceptors (Lipinski definition) is 3. The average Bonchev–Trinajstić information content (AvgIpc) is 2.30. The molecular weight excluding hydrogens is 246 g/mol. The first kappa shape index (κ1) is 16.0. The summed E-state index contributed by atoms with van der Waals surface area (Å²) in [4.78, 5) is 0. The summed E-state index contributed by atoms with van der Waals surface area (Å²) >= 11 is 0. The molecule has 108 valence electrons. The highest BCUT2D eigenvalue weighted by molar-refractivity contribution is 7.92. The van der Waals surface area contributed by atoms with E-state index >= 15 is 0 Å². The molecule has 0 aromatic rings. The first-order valence-electron chi connectivity index (χ1n) is 7.56. The van der Waals surface area contributed by atoms with Crippen LogP contribution in [0.4, 0.5) is 0 Å². The molecule has 1 N–H and O–H groups in total. The number of unbranched alkanes of at least 4 members (excludes halogenated alkanes) is 1. The van der Waals surface area contributed by atoms with Gasteiger partial charge in [-0.2, -0.15) is 0 Å². The van der Waals surface area contributed by atoms with Gasteiger partial charge in [-0.25, -0.2) is 8.42 Å². The highest BCUT2D eigenvalue weighted by atomic mass is 32.2. The van der Waals surface area contributed by atoms with E-state index < -0.39 is 9.84 Å². The minimum Gasteiger partial charge on any atom is -0.313 e. The maximum atomic E-state index is 12.5. The maximum Gasteiger partial charge on any atom is 0.154 e. The van der Waals surface area contributed by atoms with E-state index in [4.69, 9.17) is 0 Å².